The molecule has 0 aromatic heterocycles. The lowest BCUT2D eigenvalue weighted by Gasteiger charge is -2.15. The van der Waals surface area contributed by atoms with Gasteiger partial charge in [-0.1, -0.05) is 184 Å². The molecule has 0 aliphatic heterocycles. The van der Waals surface area contributed by atoms with E-state index >= 15 is 0 Å². The minimum Gasteiger partial charge on any atom is -0.463 e. The second kappa shape index (κ2) is 50.8. The molecule has 0 aromatic carbocycles. The summed E-state index contributed by atoms with van der Waals surface area (Å²) in [5.74, 6) is -0.655. The molecular formula is C57H86NO8P. The molecule has 372 valence electrons. The summed E-state index contributed by atoms with van der Waals surface area (Å²) in [6, 6.07) is 0. The standard InChI is InChI=1S/C57H86NO8P/c1-3-5-7-9-11-13-15-17-19-21-23-25-27-29-31-33-35-37-39-41-43-45-47-49-56(60)58-51-52-65-67(62,63)66-54-55(59)53-64-57(61)50-48-46-44-42-40-38-36-34-32-30-28-26-24-22-20-18-16-14-12-10-8-6-4-2/h5-8,11-14,17-20,23-26,29-32,35-38,41-44,55,59H,3-4,9-10,15-16,21-22,27-28,33-34,39-40,45-54H2,1-2H3,(H,58,60)(H,62,63)/b7-5-,8-6-,13-11-,14-12-,19-17-,20-18-,25-23-,26-24-,31-29-,32-30-,37-35-,38-36-,43-41-,44-42-. The van der Waals surface area contributed by atoms with Crippen LogP contribution >= 0.6 is 7.82 Å². The van der Waals surface area contributed by atoms with Gasteiger partial charge in [0.15, 0.2) is 0 Å². The number of nitrogens with one attached hydrogen (secondary N) is 1. The minimum atomic E-state index is -4.47. The molecule has 0 saturated carbocycles. The number of phosphoric acid groups is 1. The molecule has 0 heterocycles. The second-order valence-electron chi connectivity index (χ2n) is 15.3. The molecule has 0 radical (unpaired) electrons. The molecule has 0 aromatic rings. The SMILES string of the molecule is CC/C=C\C/C=C\C/C=C\C/C=C\C/C=C\C/C=C\C/C=C\CCCC(=O)NCCOP(=O)(O)OCC(O)COC(=O)CCC/C=C\C/C=C\C/C=C\C/C=C\C/C=C\C/C=C\C/C=C\CC. The van der Waals surface area contributed by atoms with Crippen LogP contribution in [0.1, 0.15) is 142 Å². The third-order valence-corrected chi connectivity index (χ3v) is 10.1. The van der Waals surface area contributed by atoms with Crippen LogP contribution in [-0.2, 0) is 27.9 Å². The number of hydrogen-bond donors (Lipinski definition) is 3. The van der Waals surface area contributed by atoms with Gasteiger partial charge in [-0.25, -0.2) is 4.57 Å². The first kappa shape index (κ1) is 62.4. The van der Waals surface area contributed by atoms with Gasteiger partial charge in [0.25, 0.3) is 0 Å². The molecule has 9 nitrogen and oxygen atoms in total. The quantitative estimate of drug-likeness (QED) is 0.0238. The Kier molecular flexibility index (Phi) is 47.3. The molecule has 0 fully saturated rings. The van der Waals surface area contributed by atoms with Gasteiger partial charge in [0.05, 0.1) is 13.2 Å². The minimum absolute atomic E-state index is 0.0309. The highest BCUT2D eigenvalue weighted by Gasteiger charge is 2.23. The number of rotatable bonds is 43. The van der Waals surface area contributed by atoms with Crippen LogP contribution in [0.4, 0.5) is 0 Å². The zero-order valence-corrected chi connectivity index (χ0v) is 41.9. The van der Waals surface area contributed by atoms with Crippen molar-refractivity contribution in [1.82, 2.24) is 5.32 Å². The maximum absolute atomic E-state index is 12.1. The molecule has 10 heteroatoms. The predicted octanol–water partition coefficient (Wildman–Crippen LogP) is 14.8. The first-order valence-electron chi connectivity index (χ1n) is 24.6. The molecule has 67 heavy (non-hydrogen) atoms. The molecule has 2 atom stereocenters. The summed E-state index contributed by atoms with van der Waals surface area (Å²) in [6.45, 7) is 3.15. The van der Waals surface area contributed by atoms with Crippen LogP contribution in [0.25, 0.3) is 0 Å². The van der Waals surface area contributed by atoms with E-state index in [1.807, 2.05) is 6.08 Å². The highest BCUT2D eigenvalue weighted by molar-refractivity contribution is 7.47. The molecule has 0 spiro atoms. The van der Waals surface area contributed by atoms with Gasteiger partial charge >= 0.3 is 13.8 Å². The Balaban J connectivity index is 3.81. The van der Waals surface area contributed by atoms with Crippen LogP contribution in [0.2, 0.25) is 0 Å². The molecule has 0 aliphatic carbocycles. The number of unbranched alkanes of at least 4 members (excludes halogenated alkanes) is 2. The summed E-state index contributed by atoms with van der Waals surface area (Å²) < 4.78 is 26.9. The lowest BCUT2D eigenvalue weighted by atomic mass is 10.2. The molecule has 1 amide bonds. The third kappa shape index (κ3) is 52.2. The normalized spacial score (nSPS) is 14.6. The smallest absolute Gasteiger partial charge is 0.463 e. The Labute approximate surface area is 406 Å². The molecule has 0 rings (SSSR count). The fraction of sp³-hybridized carbons (Fsp3) is 0.474. The first-order valence-corrected chi connectivity index (χ1v) is 26.1. The van der Waals surface area contributed by atoms with Gasteiger partial charge in [0, 0.05) is 19.4 Å². The number of carbonyl (C=O) groups excluding carboxylic acids is 2. The van der Waals surface area contributed by atoms with Crippen molar-refractivity contribution in [3.8, 4) is 0 Å². The van der Waals surface area contributed by atoms with Crippen LogP contribution in [0, 0.1) is 0 Å². The van der Waals surface area contributed by atoms with Crippen molar-refractivity contribution < 1.29 is 37.9 Å². The van der Waals surface area contributed by atoms with Gasteiger partial charge in [-0.15, -0.1) is 0 Å². The molecule has 2 unspecified atom stereocenters. The highest BCUT2D eigenvalue weighted by atomic mass is 31.2. The van der Waals surface area contributed by atoms with Crippen molar-refractivity contribution in [2.24, 2.45) is 0 Å². The Bertz CT molecular complexity index is 1690. The van der Waals surface area contributed by atoms with Crippen LogP contribution in [0.5, 0.6) is 0 Å². The third-order valence-electron chi connectivity index (χ3n) is 9.14. The summed E-state index contributed by atoms with van der Waals surface area (Å²) in [4.78, 5) is 34.0. The number of phosphoric ester groups is 1. The summed E-state index contributed by atoms with van der Waals surface area (Å²) in [6.07, 6.45) is 75.9. The van der Waals surface area contributed by atoms with Gasteiger partial charge in [0.1, 0.15) is 12.7 Å². The van der Waals surface area contributed by atoms with Crippen molar-refractivity contribution in [2.75, 3.05) is 26.4 Å². The van der Waals surface area contributed by atoms with Crippen LogP contribution in [-0.4, -0.2) is 54.3 Å². The monoisotopic (exact) mass is 944 g/mol. The predicted molar refractivity (Wildman–Crippen MR) is 283 cm³/mol. The number of amides is 1. The van der Waals surface area contributed by atoms with Crippen molar-refractivity contribution in [2.45, 2.75) is 148 Å². The molecule has 0 aliphatic rings. The number of carbonyl (C=O) groups is 2. The van der Waals surface area contributed by atoms with E-state index in [4.69, 9.17) is 13.8 Å². The largest absolute Gasteiger partial charge is 0.472 e. The Morgan fingerprint density at radius 2 is 0.776 bits per heavy atom. The Hall–Kier alpha value is -4.63. The maximum Gasteiger partial charge on any atom is 0.472 e. The zero-order valence-electron chi connectivity index (χ0n) is 41.0. The van der Waals surface area contributed by atoms with Gasteiger partial charge in [-0.05, 0) is 116 Å². The van der Waals surface area contributed by atoms with E-state index < -0.39 is 26.5 Å². The molecule has 0 bridgehead atoms. The van der Waals surface area contributed by atoms with E-state index in [2.05, 4.69) is 183 Å². The molecule has 0 saturated heterocycles. The summed E-state index contributed by atoms with van der Waals surface area (Å²) in [5.41, 5.74) is 0. The number of aliphatic hydroxyl groups excluding tert-OH is 1. The number of allylic oxidation sites excluding steroid dienone is 28. The van der Waals surface area contributed by atoms with E-state index in [9.17, 15) is 24.2 Å². The average molecular weight is 944 g/mol. The summed E-state index contributed by atoms with van der Waals surface area (Å²) in [5, 5.41) is 12.7. The van der Waals surface area contributed by atoms with Crippen LogP contribution in [0.3, 0.4) is 0 Å². The number of aliphatic hydroxyl groups is 1. The highest BCUT2D eigenvalue weighted by Crippen LogP contribution is 2.42. The van der Waals surface area contributed by atoms with Crippen LogP contribution < -0.4 is 5.32 Å². The fourth-order valence-corrected chi connectivity index (χ4v) is 6.29. The Morgan fingerprint density at radius 1 is 0.463 bits per heavy atom. The van der Waals surface area contributed by atoms with E-state index in [0.29, 0.717) is 19.3 Å². The number of hydrogen-bond acceptors (Lipinski definition) is 7. The van der Waals surface area contributed by atoms with Gasteiger partial charge < -0.3 is 20.1 Å². The van der Waals surface area contributed by atoms with Gasteiger partial charge in [0.2, 0.25) is 5.91 Å². The van der Waals surface area contributed by atoms with E-state index in [0.717, 1.165) is 103 Å². The van der Waals surface area contributed by atoms with Crippen molar-refractivity contribution >= 4 is 19.7 Å². The van der Waals surface area contributed by atoms with E-state index in [1.54, 1.807) is 0 Å². The maximum atomic E-state index is 12.1. The van der Waals surface area contributed by atoms with Crippen molar-refractivity contribution in [3.63, 3.8) is 0 Å². The van der Waals surface area contributed by atoms with Gasteiger partial charge in [-0.2, -0.15) is 0 Å². The fourth-order valence-electron chi connectivity index (χ4n) is 5.53. The Morgan fingerprint density at radius 3 is 1.12 bits per heavy atom. The van der Waals surface area contributed by atoms with Crippen molar-refractivity contribution in [3.05, 3.63) is 170 Å². The van der Waals surface area contributed by atoms with Crippen LogP contribution in [0.15, 0.2) is 170 Å². The molecular weight excluding hydrogens is 858 g/mol. The number of ether oxygens (including phenoxy) is 1. The number of esters is 1. The van der Waals surface area contributed by atoms with Gasteiger partial charge in [-0.3, -0.25) is 18.6 Å². The topological polar surface area (TPSA) is 131 Å². The lowest BCUT2D eigenvalue weighted by molar-refractivity contribution is -0.147. The first-order chi connectivity index (χ1) is 32.8. The molecule has 3 N–H and O–H groups in total. The zero-order chi connectivity index (χ0) is 48.8. The second-order valence-corrected chi connectivity index (χ2v) is 16.8. The lowest BCUT2D eigenvalue weighted by Crippen LogP contribution is -2.27. The van der Waals surface area contributed by atoms with Crippen molar-refractivity contribution in [1.29, 1.82) is 0 Å². The van der Waals surface area contributed by atoms with E-state index in [1.165, 1.54) is 0 Å². The van der Waals surface area contributed by atoms with E-state index in [-0.39, 0.29) is 32.1 Å². The summed E-state index contributed by atoms with van der Waals surface area (Å²) >= 11 is 0. The average Bonchev–Trinajstić information content (AvgIpc) is 3.32. The summed E-state index contributed by atoms with van der Waals surface area (Å²) in [7, 11) is -4.47.